The van der Waals surface area contributed by atoms with E-state index in [9.17, 15) is 9.59 Å². The van der Waals surface area contributed by atoms with Crippen molar-refractivity contribution < 1.29 is 18.4 Å². The molecule has 1 amide bonds. The molecule has 4 atom stereocenters. The smallest absolute Gasteiger partial charge is 0.225 e. The van der Waals surface area contributed by atoms with Gasteiger partial charge in [0.25, 0.3) is 0 Å². The third-order valence-electron chi connectivity index (χ3n) is 8.66. The molecule has 0 saturated carbocycles. The van der Waals surface area contributed by atoms with Crippen LogP contribution in [0, 0.1) is 5.92 Å². The van der Waals surface area contributed by atoms with Gasteiger partial charge < -0.3 is 18.5 Å². The first kappa shape index (κ1) is 33.7. The van der Waals surface area contributed by atoms with Crippen LogP contribution < -0.4 is 0 Å². The Bertz CT molecular complexity index is 859. The molecular weight excluding hydrogens is 495 g/mol. The Kier molecular flexibility index (Phi) is 12.0. The normalized spacial score (nSPS) is 16.6. The third-order valence-corrected chi connectivity index (χ3v) is 17.7. The van der Waals surface area contributed by atoms with Crippen LogP contribution in [0.2, 0.25) is 36.3 Å². The van der Waals surface area contributed by atoms with Crippen LogP contribution >= 0.6 is 0 Å². The molecule has 5 nitrogen and oxygen atoms in total. The average molecular weight is 550 g/mol. The van der Waals surface area contributed by atoms with Crippen molar-refractivity contribution in [3.05, 3.63) is 35.9 Å². The maximum absolute atomic E-state index is 13.7. The van der Waals surface area contributed by atoms with Crippen LogP contribution in [0.4, 0.5) is 0 Å². The zero-order valence-electron chi connectivity index (χ0n) is 26.0. The lowest BCUT2D eigenvalue weighted by Gasteiger charge is -2.43. The van der Waals surface area contributed by atoms with Crippen molar-refractivity contribution in [3.63, 3.8) is 0 Å². The Morgan fingerprint density at radius 1 is 0.919 bits per heavy atom. The Morgan fingerprint density at radius 2 is 1.41 bits per heavy atom. The van der Waals surface area contributed by atoms with Crippen LogP contribution in [0.5, 0.6) is 0 Å². The molecule has 0 radical (unpaired) electrons. The van der Waals surface area contributed by atoms with Crippen LogP contribution in [0.25, 0.3) is 0 Å². The van der Waals surface area contributed by atoms with Gasteiger partial charge in [0.2, 0.25) is 5.91 Å². The van der Waals surface area contributed by atoms with Gasteiger partial charge in [0.1, 0.15) is 6.29 Å². The van der Waals surface area contributed by atoms with Crippen molar-refractivity contribution in [2.24, 2.45) is 5.92 Å². The lowest BCUT2D eigenvalue weighted by molar-refractivity contribution is -0.138. The van der Waals surface area contributed by atoms with E-state index in [1.54, 1.807) is 0 Å². The van der Waals surface area contributed by atoms with Gasteiger partial charge in [0.15, 0.2) is 16.6 Å². The first-order chi connectivity index (χ1) is 16.7. The SMILES string of the molecule is CC([C@H](O[Si](C)(C)C(C)(C)C)c1ccccc1)N(C)C(=O)[C@H](C)C[C@@H](CCC=O)O[Si](C)(C)C(C)(C)C. The van der Waals surface area contributed by atoms with Gasteiger partial charge in [-0.05, 0) is 61.6 Å². The number of hydrogen-bond donors (Lipinski definition) is 0. The highest BCUT2D eigenvalue weighted by Crippen LogP contribution is 2.42. The minimum Gasteiger partial charge on any atom is -0.414 e. The molecule has 0 saturated heterocycles. The summed E-state index contributed by atoms with van der Waals surface area (Å²) in [6, 6.07) is 10.1. The number of rotatable bonds is 13. The molecule has 37 heavy (non-hydrogen) atoms. The minimum absolute atomic E-state index is 0.0580. The second kappa shape index (κ2) is 13.2. The fraction of sp³-hybridized carbons (Fsp3) is 0.733. The molecule has 0 aliphatic heterocycles. The predicted molar refractivity (Wildman–Crippen MR) is 161 cm³/mol. The summed E-state index contributed by atoms with van der Waals surface area (Å²) in [5.41, 5.74) is 1.09. The van der Waals surface area contributed by atoms with E-state index in [-0.39, 0.29) is 40.2 Å². The molecule has 0 heterocycles. The van der Waals surface area contributed by atoms with Gasteiger partial charge in [-0.15, -0.1) is 0 Å². The molecular formula is C30H55NO4Si2. The molecule has 7 heteroatoms. The summed E-state index contributed by atoms with van der Waals surface area (Å²) < 4.78 is 13.6. The summed E-state index contributed by atoms with van der Waals surface area (Å²) in [6.07, 6.45) is 2.33. The monoisotopic (exact) mass is 549 g/mol. The lowest BCUT2D eigenvalue weighted by atomic mass is 9.97. The third kappa shape index (κ3) is 9.45. The molecule has 0 N–H and O–H groups in total. The van der Waals surface area contributed by atoms with Gasteiger partial charge in [-0.3, -0.25) is 4.79 Å². The number of aldehydes is 1. The van der Waals surface area contributed by atoms with E-state index >= 15 is 0 Å². The van der Waals surface area contributed by atoms with E-state index in [1.165, 1.54) is 0 Å². The van der Waals surface area contributed by atoms with E-state index in [1.807, 2.05) is 37.1 Å². The van der Waals surface area contributed by atoms with Gasteiger partial charge >= 0.3 is 0 Å². The van der Waals surface area contributed by atoms with Crippen LogP contribution in [0.3, 0.4) is 0 Å². The predicted octanol–water partition coefficient (Wildman–Crippen LogP) is 7.99. The fourth-order valence-electron chi connectivity index (χ4n) is 3.90. The summed E-state index contributed by atoms with van der Waals surface area (Å²) >= 11 is 0. The minimum atomic E-state index is -2.09. The zero-order valence-corrected chi connectivity index (χ0v) is 28.0. The Labute approximate surface area is 230 Å². The molecule has 0 aliphatic rings. The summed E-state index contributed by atoms with van der Waals surface area (Å²) in [7, 11) is -2.23. The van der Waals surface area contributed by atoms with Gasteiger partial charge in [-0.2, -0.15) is 0 Å². The quantitative estimate of drug-likeness (QED) is 0.185. The summed E-state index contributed by atoms with van der Waals surface area (Å²) in [4.78, 5) is 26.7. The second-order valence-corrected chi connectivity index (χ2v) is 23.3. The van der Waals surface area contributed by atoms with Crippen LogP contribution in [0.15, 0.2) is 30.3 Å². The topological polar surface area (TPSA) is 55.8 Å². The van der Waals surface area contributed by atoms with Crippen molar-refractivity contribution in [2.45, 2.75) is 129 Å². The van der Waals surface area contributed by atoms with Crippen molar-refractivity contribution in [2.75, 3.05) is 7.05 Å². The lowest BCUT2D eigenvalue weighted by Crippen LogP contribution is -2.49. The van der Waals surface area contributed by atoms with Crippen molar-refractivity contribution in [1.82, 2.24) is 4.90 Å². The van der Waals surface area contributed by atoms with Crippen LogP contribution in [0.1, 0.15) is 86.3 Å². The molecule has 0 fully saturated rings. The molecule has 1 aromatic carbocycles. The summed E-state index contributed by atoms with van der Waals surface area (Å²) in [6.45, 7) is 26.4. The van der Waals surface area contributed by atoms with E-state index in [0.717, 1.165) is 11.8 Å². The molecule has 1 unspecified atom stereocenters. The van der Waals surface area contributed by atoms with Crippen molar-refractivity contribution >= 4 is 28.8 Å². The standard InChI is InChI=1S/C30H55NO4Si2/c1-23(22-26(20-17-21-32)34-36(10,11)29(3,4)5)28(33)31(9)24(2)27(25-18-15-14-16-19-25)35-37(12,13)30(6,7)8/h14-16,18-19,21,23-24,26-27H,17,20,22H2,1-13H3/t23-,24?,26-,27+/m1/s1. The van der Waals surface area contributed by atoms with E-state index in [4.69, 9.17) is 8.85 Å². The molecule has 1 rings (SSSR count). The fourth-order valence-corrected chi connectivity index (χ4v) is 6.62. The largest absolute Gasteiger partial charge is 0.414 e. The molecule has 0 spiro atoms. The molecule has 0 bridgehead atoms. The van der Waals surface area contributed by atoms with Crippen LogP contribution in [-0.2, 0) is 18.4 Å². The first-order valence-electron chi connectivity index (χ1n) is 13.9. The number of nitrogens with zero attached hydrogens (tertiary/aromatic N) is 1. The molecule has 0 aliphatic carbocycles. The van der Waals surface area contributed by atoms with Gasteiger partial charge in [0.05, 0.1) is 12.1 Å². The zero-order chi connectivity index (χ0) is 28.8. The number of hydrogen-bond acceptors (Lipinski definition) is 4. The Hall–Kier alpha value is -1.29. The molecule has 0 aromatic heterocycles. The molecule has 1 aromatic rings. The van der Waals surface area contributed by atoms with E-state index in [0.29, 0.717) is 19.3 Å². The van der Waals surface area contributed by atoms with Gasteiger partial charge in [-0.1, -0.05) is 78.8 Å². The van der Waals surface area contributed by atoms with Crippen molar-refractivity contribution in [1.29, 1.82) is 0 Å². The Balaban J connectivity index is 3.15. The summed E-state index contributed by atoms with van der Waals surface area (Å²) in [5, 5.41) is 0.123. The summed E-state index contributed by atoms with van der Waals surface area (Å²) in [5.74, 6) is -0.139. The number of carbonyl (C=O) groups is 2. The molecule has 212 valence electrons. The van der Waals surface area contributed by atoms with Crippen molar-refractivity contribution in [3.8, 4) is 0 Å². The van der Waals surface area contributed by atoms with E-state index in [2.05, 4.69) is 86.8 Å². The number of carbonyl (C=O) groups excluding carboxylic acids is 2. The highest BCUT2D eigenvalue weighted by atomic mass is 28.4. The average Bonchev–Trinajstić information content (AvgIpc) is 2.78. The maximum Gasteiger partial charge on any atom is 0.225 e. The second-order valence-electron chi connectivity index (χ2n) is 13.8. The van der Waals surface area contributed by atoms with Gasteiger partial charge in [0, 0.05) is 25.5 Å². The Morgan fingerprint density at radius 3 is 1.86 bits per heavy atom. The highest BCUT2D eigenvalue weighted by Gasteiger charge is 2.42. The first-order valence-corrected chi connectivity index (χ1v) is 19.7. The van der Waals surface area contributed by atoms with Crippen LogP contribution in [-0.4, -0.2) is 52.9 Å². The number of likely N-dealkylation sites (N-methyl/N-ethyl adjacent to an activating group) is 1. The number of amides is 1. The number of benzene rings is 1. The van der Waals surface area contributed by atoms with Gasteiger partial charge in [-0.25, -0.2) is 0 Å². The maximum atomic E-state index is 13.7. The highest BCUT2D eigenvalue weighted by molar-refractivity contribution is 6.74. The van der Waals surface area contributed by atoms with E-state index < -0.39 is 16.6 Å².